The highest BCUT2D eigenvalue weighted by Gasteiger charge is 2.21. The predicted octanol–water partition coefficient (Wildman–Crippen LogP) is 6.83. The van der Waals surface area contributed by atoms with Gasteiger partial charge in [0.05, 0.1) is 23.3 Å². The van der Waals surface area contributed by atoms with Crippen LogP contribution in [0.3, 0.4) is 0 Å². The van der Waals surface area contributed by atoms with E-state index < -0.39 is 0 Å². The number of hydrogen-bond donors (Lipinski definition) is 0. The molecule has 1 aliphatic heterocycles. The number of rotatable bonds is 16. The van der Waals surface area contributed by atoms with Crippen molar-refractivity contribution in [2.75, 3.05) is 36.0 Å². The second kappa shape index (κ2) is 16.8. The first-order valence-corrected chi connectivity index (χ1v) is 15.2. The smallest absolute Gasteiger partial charge is 0.339 e. The molecule has 1 fully saturated rings. The van der Waals surface area contributed by atoms with Gasteiger partial charge in [0, 0.05) is 38.6 Å². The summed E-state index contributed by atoms with van der Waals surface area (Å²) >= 11 is 0. The van der Waals surface area contributed by atoms with Crippen LogP contribution in [-0.2, 0) is 9.47 Å². The molecule has 2 aromatic heterocycles. The van der Waals surface area contributed by atoms with E-state index in [4.69, 9.17) is 9.47 Å². The molecule has 3 heterocycles. The topological polar surface area (TPSA) is 84.9 Å². The second-order valence-corrected chi connectivity index (χ2v) is 10.9. The van der Waals surface area contributed by atoms with E-state index >= 15 is 0 Å². The van der Waals surface area contributed by atoms with E-state index in [0.29, 0.717) is 11.1 Å². The fraction of sp³-hybridized carbons (Fsp3) is 0.625. The summed E-state index contributed by atoms with van der Waals surface area (Å²) in [5, 5.41) is 0. The summed E-state index contributed by atoms with van der Waals surface area (Å²) in [5.41, 5.74) is 0.966. The Labute approximate surface area is 240 Å². The van der Waals surface area contributed by atoms with Crippen molar-refractivity contribution < 1.29 is 19.1 Å². The van der Waals surface area contributed by atoms with Crippen molar-refractivity contribution >= 4 is 23.6 Å². The van der Waals surface area contributed by atoms with Gasteiger partial charge in [0.25, 0.3) is 0 Å². The maximum Gasteiger partial charge on any atom is 0.339 e. The number of carbonyl (C=O) groups is 2. The van der Waals surface area contributed by atoms with E-state index in [-0.39, 0.29) is 24.1 Å². The van der Waals surface area contributed by atoms with Gasteiger partial charge in [-0.25, -0.2) is 19.6 Å². The monoisotopic (exact) mass is 552 g/mol. The van der Waals surface area contributed by atoms with Crippen LogP contribution in [0.1, 0.15) is 113 Å². The van der Waals surface area contributed by atoms with E-state index in [1.165, 1.54) is 38.5 Å². The van der Waals surface area contributed by atoms with E-state index in [9.17, 15) is 9.59 Å². The molecule has 2 aromatic rings. The number of carbonyl (C=O) groups excluding carboxylic acids is 2. The van der Waals surface area contributed by atoms with Gasteiger partial charge < -0.3 is 19.3 Å². The molecule has 1 saturated heterocycles. The summed E-state index contributed by atoms with van der Waals surface area (Å²) in [5.74, 6) is 1.07. The van der Waals surface area contributed by atoms with Crippen molar-refractivity contribution in [1.29, 1.82) is 0 Å². The lowest BCUT2D eigenvalue weighted by Gasteiger charge is -2.36. The molecule has 0 saturated carbocycles. The fourth-order valence-electron chi connectivity index (χ4n) is 4.89. The molecule has 2 atom stereocenters. The summed E-state index contributed by atoms with van der Waals surface area (Å²) < 4.78 is 11.2. The highest BCUT2D eigenvalue weighted by Crippen LogP contribution is 2.20. The lowest BCUT2D eigenvalue weighted by atomic mass is 10.1. The molecule has 0 radical (unpaired) electrons. The average Bonchev–Trinajstić information content (AvgIpc) is 2.98. The van der Waals surface area contributed by atoms with Crippen LogP contribution in [0.4, 0.5) is 11.6 Å². The normalized spacial score (nSPS) is 15.0. The van der Waals surface area contributed by atoms with E-state index in [2.05, 4.69) is 33.6 Å². The summed E-state index contributed by atoms with van der Waals surface area (Å²) in [6.07, 6.45) is 14.2. The van der Waals surface area contributed by atoms with Crippen molar-refractivity contribution in [2.24, 2.45) is 0 Å². The minimum Gasteiger partial charge on any atom is -0.459 e. The molecule has 0 N–H and O–H groups in total. The zero-order valence-electron chi connectivity index (χ0n) is 24.9. The Hall–Kier alpha value is -3.16. The Morgan fingerprint density at radius 1 is 0.675 bits per heavy atom. The predicted molar refractivity (Wildman–Crippen MR) is 160 cm³/mol. The maximum absolute atomic E-state index is 12.5. The third-order valence-electron chi connectivity index (χ3n) is 7.44. The molecule has 8 nitrogen and oxygen atoms in total. The van der Waals surface area contributed by atoms with Crippen molar-refractivity contribution in [2.45, 2.75) is 104 Å². The Kier molecular flexibility index (Phi) is 13.2. The molecule has 1 aliphatic rings. The minimum absolute atomic E-state index is 0.0886. The Bertz CT molecular complexity index is 937. The van der Waals surface area contributed by atoms with Crippen LogP contribution in [0.15, 0.2) is 36.7 Å². The molecule has 0 amide bonds. The van der Waals surface area contributed by atoms with E-state index in [0.717, 1.165) is 63.5 Å². The molecule has 3 rings (SSSR count). The molecule has 0 aliphatic carbocycles. The van der Waals surface area contributed by atoms with Crippen molar-refractivity contribution in [1.82, 2.24) is 9.97 Å². The lowest BCUT2D eigenvalue weighted by Crippen LogP contribution is -2.47. The first kappa shape index (κ1) is 31.4. The summed E-state index contributed by atoms with van der Waals surface area (Å²) in [6, 6.07) is 7.38. The minimum atomic E-state index is -0.313. The number of ether oxygens (including phenoxy) is 2. The van der Waals surface area contributed by atoms with Gasteiger partial charge in [-0.1, -0.05) is 52.4 Å². The number of piperazine rings is 1. The molecule has 8 heteroatoms. The fourth-order valence-corrected chi connectivity index (χ4v) is 4.89. The largest absolute Gasteiger partial charge is 0.459 e. The van der Waals surface area contributed by atoms with Crippen LogP contribution in [0.5, 0.6) is 0 Å². The van der Waals surface area contributed by atoms with Crippen molar-refractivity contribution in [3.05, 3.63) is 47.8 Å². The molecule has 0 unspecified atom stereocenters. The Balaban J connectivity index is 1.42. The van der Waals surface area contributed by atoms with E-state index in [1.54, 1.807) is 24.5 Å². The van der Waals surface area contributed by atoms with Gasteiger partial charge in [0.1, 0.15) is 11.6 Å². The van der Waals surface area contributed by atoms with Gasteiger partial charge in [0.2, 0.25) is 0 Å². The third kappa shape index (κ3) is 10.1. The summed E-state index contributed by atoms with van der Waals surface area (Å²) in [6.45, 7) is 11.4. The number of hydrogen-bond acceptors (Lipinski definition) is 8. The highest BCUT2D eigenvalue weighted by atomic mass is 16.5. The molecular weight excluding hydrogens is 504 g/mol. The van der Waals surface area contributed by atoms with Gasteiger partial charge in [-0.2, -0.15) is 0 Å². The first-order chi connectivity index (χ1) is 19.4. The SMILES string of the molecule is CCCCCC[C@H](C)OC(=O)c1ccc(N2CCN(c3ccc(C(=O)O[C@@H](C)CCCCCC)cn3)CC2)nc1. The van der Waals surface area contributed by atoms with Gasteiger partial charge in [-0.3, -0.25) is 0 Å². The summed E-state index contributed by atoms with van der Waals surface area (Å²) in [4.78, 5) is 38.5. The quantitative estimate of drug-likeness (QED) is 0.165. The Morgan fingerprint density at radius 3 is 1.40 bits per heavy atom. The average molecular weight is 553 g/mol. The molecule has 40 heavy (non-hydrogen) atoms. The highest BCUT2D eigenvalue weighted by molar-refractivity contribution is 5.89. The van der Waals surface area contributed by atoms with Crippen LogP contribution in [0.25, 0.3) is 0 Å². The summed E-state index contributed by atoms with van der Waals surface area (Å²) in [7, 11) is 0. The molecule has 220 valence electrons. The molecule has 0 spiro atoms. The number of nitrogens with zero attached hydrogens (tertiary/aromatic N) is 4. The zero-order chi connectivity index (χ0) is 28.7. The maximum atomic E-state index is 12.5. The van der Waals surface area contributed by atoms with Crippen LogP contribution < -0.4 is 9.80 Å². The third-order valence-corrected chi connectivity index (χ3v) is 7.44. The van der Waals surface area contributed by atoms with Crippen LogP contribution >= 0.6 is 0 Å². The van der Waals surface area contributed by atoms with Crippen molar-refractivity contribution in [3.8, 4) is 0 Å². The number of unbranched alkanes of at least 4 members (excludes halogenated alkanes) is 6. The standard InChI is InChI=1S/C32H48N4O4/c1-5-7-9-11-13-25(3)39-31(37)27-15-17-29(33-23-27)35-19-21-36(22-20-35)30-18-16-28(24-34-30)32(38)40-26(4)14-12-10-8-6-2/h15-18,23-26H,5-14,19-22H2,1-4H3/t25-,26-/m0/s1. The zero-order valence-corrected chi connectivity index (χ0v) is 24.9. The number of pyridine rings is 2. The lowest BCUT2D eigenvalue weighted by molar-refractivity contribution is 0.0308. The van der Waals surface area contributed by atoms with Gasteiger partial charge in [-0.05, 0) is 63.8 Å². The van der Waals surface area contributed by atoms with Gasteiger partial charge >= 0.3 is 11.9 Å². The van der Waals surface area contributed by atoms with Gasteiger partial charge in [-0.15, -0.1) is 0 Å². The molecule has 0 bridgehead atoms. The number of aromatic nitrogens is 2. The molecular formula is C32H48N4O4. The van der Waals surface area contributed by atoms with Crippen molar-refractivity contribution in [3.63, 3.8) is 0 Å². The number of anilines is 2. The first-order valence-electron chi connectivity index (χ1n) is 15.2. The second-order valence-electron chi connectivity index (χ2n) is 10.9. The molecule has 0 aromatic carbocycles. The van der Waals surface area contributed by atoms with Crippen LogP contribution in [-0.4, -0.2) is 60.3 Å². The van der Waals surface area contributed by atoms with E-state index in [1.807, 2.05) is 26.0 Å². The van der Waals surface area contributed by atoms with Crippen LogP contribution in [0, 0.1) is 0 Å². The van der Waals surface area contributed by atoms with Crippen LogP contribution in [0.2, 0.25) is 0 Å². The van der Waals surface area contributed by atoms with Gasteiger partial charge in [0.15, 0.2) is 0 Å². The number of esters is 2. The Morgan fingerprint density at radius 2 is 1.07 bits per heavy atom.